The Bertz CT molecular complexity index is 618. The third kappa shape index (κ3) is 3.89. The molecule has 1 aliphatic rings. The van der Waals surface area contributed by atoms with E-state index in [2.05, 4.69) is 0 Å². The van der Waals surface area contributed by atoms with Crippen LogP contribution >= 0.6 is 0 Å². The van der Waals surface area contributed by atoms with Gasteiger partial charge in [-0.2, -0.15) is 0 Å². The predicted molar refractivity (Wildman–Crippen MR) is 92.6 cm³/mol. The van der Waals surface area contributed by atoms with E-state index >= 15 is 0 Å². The van der Waals surface area contributed by atoms with Gasteiger partial charge in [0.25, 0.3) is 0 Å². The van der Waals surface area contributed by atoms with Crippen molar-refractivity contribution in [2.45, 2.75) is 33.6 Å². The van der Waals surface area contributed by atoms with Crippen LogP contribution in [0.5, 0.6) is 11.5 Å². The molecule has 1 amide bonds. The second-order valence-corrected chi connectivity index (χ2v) is 7.27. The van der Waals surface area contributed by atoms with Crippen LogP contribution < -0.4 is 9.47 Å². The smallest absolute Gasteiger partial charge is 0.227 e. The largest absolute Gasteiger partial charge is 0.497 e. The summed E-state index contributed by atoms with van der Waals surface area (Å²) in [6.45, 7) is 6.93. The third-order valence-corrected chi connectivity index (χ3v) is 4.40. The maximum atomic E-state index is 12.9. The van der Waals surface area contributed by atoms with E-state index in [0.717, 1.165) is 19.4 Å². The molecule has 1 heterocycles. The number of piperidine rings is 1. The fourth-order valence-corrected chi connectivity index (χ4v) is 3.07. The molecule has 5 heteroatoms. The van der Waals surface area contributed by atoms with Gasteiger partial charge in [-0.3, -0.25) is 9.59 Å². The zero-order valence-electron chi connectivity index (χ0n) is 15.2. The van der Waals surface area contributed by atoms with Crippen LogP contribution in [0.1, 0.15) is 44.0 Å². The number of carbonyl (C=O) groups excluding carboxylic acids is 2. The molecular weight excluding hydrogens is 306 g/mol. The Morgan fingerprint density at radius 1 is 1.17 bits per heavy atom. The molecule has 2 rings (SSSR count). The first-order valence-corrected chi connectivity index (χ1v) is 8.33. The van der Waals surface area contributed by atoms with E-state index in [-0.39, 0.29) is 17.6 Å². The van der Waals surface area contributed by atoms with E-state index in [9.17, 15) is 9.59 Å². The molecule has 1 fully saturated rings. The van der Waals surface area contributed by atoms with Gasteiger partial charge in [0.2, 0.25) is 5.91 Å². The molecule has 0 bridgehead atoms. The molecule has 0 unspecified atom stereocenters. The second-order valence-electron chi connectivity index (χ2n) is 7.27. The minimum absolute atomic E-state index is 0.0286. The highest BCUT2D eigenvalue weighted by Crippen LogP contribution is 2.30. The summed E-state index contributed by atoms with van der Waals surface area (Å²) in [5, 5.41) is 0. The van der Waals surface area contributed by atoms with Gasteiger partial charge in [0.1, 0.15) is 11.5 Å². The molecule has 0 radical (unpaired) electrons. The minimum atomic E-state index is -0.428. The lowest BCUT2D eigenvalue weighted by Crippen LogP contribution is -2.46. The number of carbonyl (C=O) groups is 2. The Balaban J connectivity index is 2.19. The Morgan fingerprint density at radius 2 is 1.88 bits per heavy atom. The number of amides is 1. The molecule has 24 heavy (non-hydrogen) atoms. The Hall–Kier alpha value is -2.04. The van der Waals surface area contributed by atoms with Gasteiger partial charge in [-0.1, -0.05) is 20.8 Å². The number of methoxy groups -OCH3 is 2. The van der Waals surface area contributed by atoms with Crippen LogP contribution in [0, 0.1) is 11.3 Å². The Morgan fingerprint density at radius 3 is 2.46 bits per heavy atom. The summed E-state index contributed by atoms with van der Waals surface area (Å²) in [7, 11) is 3.12. The molecule has 1 aromatic rings. The fourth-order valence-electron chi connectivity index (χ4n) is 3.07. The Labute approximate surface area is 143 Å². The van der Waals surface area contributed by atoms with Crippen LogP contribution in [0.3, 0.4) is 0 Å². The molecule has 0 saturated carbocycles. The number of ketones is 1. The lowest BCUT2D eigenvalue weighted by molar-refractivity contribution is -0.140. The van der Waals surface area contributed by atoms with E-state index in [0.29, 0.717) is 23.6 Å². The summed E-state index contributed by atoms with van der Waals surface area (Å²) < 4.78 is 10.5. The molecule has 1 atom stereocenters. The first-order chi connectivity index (χ1) is 11.3. The summed E-state index contributed by atoms with van der Waals surface area (Å²) in [5.41, 5.74) is 0.122. The monoisotopic (exact) mass is 333 g/mol. The first kappa shape index (κ1) is 18.3. The van der Waals surface area contributed by atoms with Crippen LogP contribution in [-0.2, 0) is 4.79 Å². The standard InChI is InChI=1S/C19H27NO4/c1-19(2,3)18(22)20-10-6-7-13(12-20)17(21)15-9-8-14(23-4)11-16(15)24-5/h8-9,11,13H,6-7,10,12H2,1-5H3/t13-/m0/s1. The fraction of sp³-hybridized carbons (Fsp3) is 0.579. The lowest BCUT2D eigenvalue weighted by atomic mass is 9.87. The highest BCUT2D eigenvalue weighted by molar-refractivity contribution is 6.01. The number of hydrogen-bond acceptors (Lipinski definition) is 4. The van der Waals surface area contributed by atoms with Gasteiger partial charge >= 0.3 is 0 Å². The molecule has 0 aromatic heterocycles. The molecule has 1 aromatic carbocycles. The van der Waals surface area contributed by atoms with E-state index in [1.165, 1.54) is 0 Å². The normalized spacial score (nSPS) is 18.2. The number of ether oxygens (including phenoxy) is 2. The number of benzene rings is 1. The first-order valence-electron chi connectivity index (χ1n) is 8.33. The number of Topliss-reactive ketones (excluding diaryl/α,β-unsaturated/α-hetero) is 1. The number of rotatable bonds is 4. The minimum Gasteiger partial charge on any atom is -0.497 e. The van der Waals surface area contributed by atoms with Crippen LogP contribution in [0.25, 0.3) is 0 Å². The average molecular weight is 333 g/mol. The summed E-state index contributed by atoms with van der Waals surface area (Å²) in [5.74, 6) is 1.10. The summed E-state index contributed by atoms with van der Waals surface area (Å²) in [4.78, 5) is 27.3. The van der Waals surface area contributed by atoms with Gasteiger partial charge in [-0.05, 0) is 25.0 Å². The van der Waals surface area contributed by atoms with Crippen molar-refractivity contribution in [3.8, 4) is 11.5 Å². The van der Waals surface area contributed by atoms with Crippen LogP contribution in [0.2, 0.25) is 0 Å². The molecular formula is C19H27NO4. The summed E-state index contributed by atoms with van der Waals surface area (Å²) in [6.07, 6.45) is 1.64. The van der Waals surface area contributed by atoms with Crippen LogP contribution in [0.15, 0.2) is 18.2 Å². The molecule has 0 aliphatic carbocycles. The average Bonchev–Trinajstić information content (AvgIpc) is 2.59. The number of likely N-dealkylation sites (tertiary alicyclic amines) is 1. The molecule has 1 saturated heterocycles. The maximum absolute atomic E-state index is 12.9. The SMILES string of the molecule is COc1ccc(C(=O)[C@H]2CCCN(C(=O)C(C)(C)C)C2)c(OC)c1. The van der Waals surface area contributed by atoms with E-state index in [1.807, 2.05) is 25.7 Å². The van der Waals surface area contributed by atoms with Crippen LogP contribution in [0.4, 0.5) is 0 Å². The number of hydrogen-bond donors (Lipinski definition) is 0. The van der Waals surface area contributed by atoms with Gasteiger partial charge in [0.05, 0.1) is 19.8 Å². The van der Waals surface area contributed by atoms with Crippen molar-refractivity contribution < 1.29 is 19.1 Å². The van der Waals surface area contributed by atoms with E-state index < -0.39 is 5.41 Å². The third-order valence-electron chi connectivity index (χ3n) is 4.40. The van der Waals surface area contributed by atoms with Gasteiger partial charge in [-0.15, -0.1) is 0 Å². The second kappa shape index (κ2) is 7.24. The van der Waals surface area contributed by atoms with Crippen molar-refractivity contribution in [3.05, 3.63) is 23.8 Å². The topological polar surface area (TPSA) is 55.8 Å². The molecule has 1 aliphatic heterocycles. The van der Waals surface area contributed by atoms with Gasteiger partial charge in [0, 0.05) is 30.5 Å². The zero-order chi connectivity index (χ0) is 17.9. The number of nitrogens with zero attached hydrogens (tertiary/aromatic N) is 1. The van der Waals surface area contributed by atoms with Crippen molar-refractivity contribution in [2.75, 3.05) is 27.3 Å². The Kier molecular flexibility index (Phi) is 5.52. The highest BCUT2D eigenvalue weighted by atomic mass is 16.5. The maximum Gasteiger partial charge on any atom is 0.227 e. The summed E-state index contributed by atoms with van der Waals surface area (Å²) in [6, 6.07) is 5.22. The molecule has 0 spiro atoms. The van der Waals surface area contributed by atoms with Crippen molar-refractivity contribution in [1.82, 2.24) is 4.90 Å². The predicted octanol–water partition coefficient (Wildman–Crippen LogP) is 3.17. The van der Waals surface area contributed by atoms with Crippen molar-refractivity contribution >= 4 is 11.7 Å². The van der Waals surface area contributed by atoms with Crippen molar-refractivity contribution in [2.24, 2.45) is 11.3 Å². The van der Waals surface area contributed by atoms with Gasteiger partial charge in [-0.25, -0.2) is 0 Å². The summed E-state index contributed by atoms with van der Waals surface area (Å²) >= 11 is 0. The highest BCUT2D eigenvalue weighted by Gasteiger charge is 2.34. The van der Waals surface area contributed by atoms with Gasteiger partial charge < -0.3 is 14.4 Å². The van der Waals surface area contributed by atoms with Crippen molar-refractivity contribution in [3.63, 3.8) is 0 Å². The molecule has 5 nitrogen and oxygen atoms in total. The van der Waals surface area contributed by atoms with Gasteiger partial charge in [0.15, 0.2) is 5.78 Å². The molecule has 132 valence electrons. The van der Waals surface area contributed by atoms with Crippen LogP contribution in [-0.4, -0.2) is 43.9 Å². The quantitative estimate of drug-likeness (QED) is 0.794. The zero-order valence-corrected chi connectivity index (χ0v) is 15.2. The lowest BCUT2D eigenvalue weighted by Gasteiger charge is -2.36. The van der Waals surface area contributed by atoms with E-state index in [1.54, 1.807) is 32.4 Å². The van der Waals surface area contributed by atoms with E-state index in [4.69, 9.17) is 9.47 Å². The molecule has 0 N–H and O–H groups in total. The van der Waals surface area contributed by atoms with Crippen molar-refractivity contribution in [1.29, 1.82) is 0 Å².